The first kappa shape index (κ1) is 13.6. The van der Waals surface area contributed by atoms with Crippen LogP contribution in [0.25, 0.3) is 0 Å². The molecular weight excluding hydrogens is 209 g/mol. The number of rotatable bonds is 8. The molecule has 0 bridgehead atoms. The van der Waals surface area contributed by atoms with Crippen LogP contribution in [0.4, 0.5) is 0 Å². The van der Waals surface area contributed by atoms with E-state index in [9.17, 15) is 9.36 Å². The molecule has 1 amide bonds. The molecule has 0 aromatic rings. The molecule has 0 rings (SSSR count). The van der Waals surface area contributed by atoms with Crippen LogP contribution >= 0.6 is 7.60 Å². The maximum Gasteiger partial charge on any atom is 0.325 e. The topological polar surface area (TPSA) is 98.1 Å². The molecule has 0 fully saturated rings. The van der Waals surface area contributed by atoms with Crippen molar-refractivity contribution in [3.8, 4) is 0 Å². The van der Waals surface area contributed by atoms with Crippen LogP contribution in [0.3, 0.4) is 0 Å². The van der Waals surface area contributed by atoms with Crippen LogP contribution in [-0.4, -0.2) is 39.2 Å². The Balaban J connectivity index is 3.22. The number of hydrogen-bond acceptors (Lipinski definition) is 3. The molecule has 84 valence electrons. The molecule has 0 aliphatic carbocycles. The Morgan fingerprint density at radius 3 is 2.21 bits per heavy atom. The van der Waals surface area contributed by atoms with Gasteiger partial charge >= 0.3 is 7.60 Å². The number of nitrogens with zero attached hydrogens (tertiary/aromatic N) is 1. The molecule has 0 saturated heterocycles. The van der Waals surface area contributed by atoms with Gasteiger partial charge in [-0.2, -0.15) is 0 Å². The third-order valence-corrected chi connectivity index (χ3v) is 2.61. The van der Waals surface area contributed by atoms with E-state index in [2.05, 4.69) is 0 Å². The molecule has 0 atom stereocenters. The monoisotopic (exact) mass is 225 g/mol. The zero-order chi connectivity index (χ0) is 11.0. The van der Waals surface area contributed by atoms with Gasteiger partial charge in [0.25, 0.3) is 0 Å². The molecule has 0 aromatic heterocycles. The van der Waals surface area contributed by atoms with E-state index >= 15 is 0 Å². The molecule has 0 saturated carbocycles. The summed E-state index contributed by atoms with van der Waals surface area (Å²) in [5.74, 6) is 0. The summed E-state index contributed by atoms with van der Waals surface area (Å²) < 4.78 is 10.4. The van der Waals surface area contributed by atoms with Crippen molar-refractivity contribution in [1.82, 2.24) is 5.06 Å². The molecule has 0 aromatic carbocycles. The Hall–Kier alpha value is -0.420. The van der Waals surface area contributed by atoms with Crippen LogP contribution in [0.1, 0.15) is 25.7 Å². The quantitative estimate of drug-likeness (QED) is 0.184. The Morgan fingerprint density at radius 2 is 1.71 bits per heavy atom. The van der Waals surface area contributed by atoms with E-state index in [-0.39, 0.29) is 12.7 Å². The molecule has 0 radical (unpaired) electrons. The highest BCUT2D eigenvalue weighted by molar-refractivity contribution is 7.51. The highest BCUT2D eigenvalue weighted by atomic mass is 31.2. The van der Waals surface area contributed by atoms with Crippen LogP contribution in [0.15, 0.2) is 0 Å². The largest absolute Gasteiger partial charge is 0.325 e. The summed E-state index contributed by atoms with van der Waals surface area (Å²) in [5.41, 5.74) is 0. The highest BCUT2D eigenvalue weighted by Gasteiger charge is 2.10. The van der Waals surface area contributed by atoms with Gasteiger partial charge in [0.15, 0.2) is 0 Å². The lowest BCUT2D eigenvalue weighted by molar-refractivity contribution is -0.149. The van der Waals surface area contributed by atoms with Crippen LogP contribution in [0.2, 0.25) is 0 Å². The minimum atomic E-state index is -3.86. The van der Waals surface area contributed by atoms with Crippen molar-refractivity contribution in [3.63, 3.8) is 0 Å². The lowest BCUT2D eigenvalue weighted by Crippen LogP contribution is -2.17. The Morgan fingerprint density at radius 1 is 1.14 bits per heavy atom. The van der Waals surface area contributed by atoms with Gasteiger partial charge in [0.05, 0.1) is 0 Å². The summed E-state index contributed by atoms with van der Waals surface area (Å²) in [6, 6.07) is 0. The number of hydroxylamine groups is 2. The normalized spacial score (nSPS) is 11.4. The second-order valence-corrected chi connectivity index (χ2v) is 4.85. The van der Waals surface area contributed by atoms with E-state index in [0.717, 1.165) is 6.42 Å². The van der Waals surface area contributed by atoms with E-state index in [1.807, 2.05) is 0 Å². The van der Waals surface area contributed by atoms with Crippen molar-refractivity contribution in [2.75, 3.05) is 12.7 Å². The average Bonchev–Trinajstić information content (AvgIpc) is 2.08. The summed E-state index contributed by atoms with van der Waals surface area (Å²) in [6.45, 7) is 0.263. The molecule has 0 unspecified atom stereocenters. The average molecular weight is 225 g/mol. The van der Waals surface area contributed by atoms with Gasteiger partial charge in [0, 0.05) is 12.7 Å². The molecule has 14 heavy (non-hydrogen) atoms. The Bertz CT molecular complexity index is 204. The SMILES string of the molecule is O=CN(O)CCCCCCP(=O)(O)O. The van der Waals surface area contributed by atoms with Gasteiger partial charge in [-0.05, 0) is 12.8 Å². The third-order valence-electron chi connectivity index (χ3n) is 1.71. The van der Waals surface area contributed by atoms with Crippen molar-refractivity contribution in [2.24, 2.45) is 0 Å². The fourth-order valence-corrected chi connectivity index (χ4v) is 1.63. The molecule has 0 heterocycles. The summed E-state index contributed by atoms with van der Waals surface area (Å²) in [5, 5.41) is 9.24. The first-order valence-electron chi connectivity index (χ1n) is 4.41. The zero-order valence-electron chi connectivity index (χ0n) is 7.87. The van der Waals surface area contributed by atoms with Crippen molar-refractivity contribution in [3.05, 3.63) is 0 Å². The molecule has 3 N–H and O–H groups in total. The van der Waals surface area contributed by atoms with Gasteiger partial charge in [-0.1, -0.05) is 12.8 Å². The maximum atomic E-state index is 10.4. The summed E-state index contributed by atoms with van der Waals surface area (Å²) in [6.07, 6.45) is 2.77. The first-order valence-corrected chi connectivity index (χ1v) is 6.21. The molecule has 0 aliphatic heterocycles. The maximum absolute atomic E-state index is 10.4. The van der Waals surface area contributed by atoms with E-state index in [4.69, 9.17) is 15.0 Å². The summed E-state index contributed by atoms with van der Waals surface area (Å²) in [7, 11) is -3.86. The Labute approximate surface area is 82.6 Å². The molecular formula is C7H16NO5P. The summed E-state index contributed by atoms with van der Waals surface area (Å²) >= 11 is 0. The van der Waals surface area contributed by atoms with Gasteiger partial charge < -0.3 is 9.79 Å². The van der Waals surface area contributed by atoms with E-state index < -0.39 is 7.60 Å². The smallest absolute Gasteiger partial charge is 0.324 e. The van der Waals surface area contributed by atoms with Gasteiger partial charge in [-0.3, -0.25) is 14.6 Å². The molecule has 7 heteroatoms. The highest BCUT2D eigenvalue weighted by Crippen LogP contribution is 2.35. The first-order chi connectivity index (χ1) is 6.45. The number of unbranched alkanes of at least 4 members (excludes halogenated alkanes) is 3. The van der Waals surface area contributed by atoms with Crippen LogP contribution in [-0.2, 0) is 9.36 Å². The molecule has 0 aliphatic rings. The second-order valence-electron chi connectivity index (χ2n) is 3.07. The fourth-order valence-electron chi connectivity index (χ4n) is 0.998. The lowest BCUT2D eigenvalue weighted by atomic mass is 10.2. The van der Waals surface area contributed by atoms with Gasteiger partial charge in [-0.15, -0.1) is 0 Å². The number of carbonyl (C=O) groups is 1. The predicted molar refractivity (Wildman–Crippen MR) is 49.9 cm³/mol. The molecule has 6 nitrogen and oxygen atoms in total. The van der Waals surface area contributed by atoms with Gasteiger partial charge in [0.2, 0.25) is 6.41 Å². The van der Waals surface area contributed by atoms with Crippen molar-refractivity contribution in [2.45, 2.75) is 25.7 Å². The fraction of sp³-hybridized carbons (Fsp3) is 0.857. The van der Waals surface area contributed by atoms with E-state index in [1.165, 1.54) is 0 Å². The minimum Gasteiger partial charge on any atom is -0.324 e. The van der Waals surface area contributed by atoms with E-state index in [0.29, 0.717) is 30.7 Å². The summed E-state index contributed by atoms with van der Waals surface area (Å²) in [4.78, 5) is 27.0. The van der Waals surface area contributed by atoms with Crippen LogP contribution < -0.4 is 0 Å². The lowest BCUT2D eigenvalue weighted by Gasteiger charge is -2.07. The minimum absolute atomic E-state index is 0.0937. The standard InChI is InChI=1S/C7H16NO5P/c9-7-8(10)5-3-1-2-4-6-14(11,12)13/h7,10H,1-6H2,(H2,11,12,13). The van der Waals surface area contributed by atoms with Crippen molar-refractivity contribution < 1.29 is 24.4 Å². The Kier molecular flexibility index (Phi) is 6.74. The predicted octanol–water partition coefficient (Wildman–Crippen LogP) is 0.572. The van der Waals surface area contributed by atoms with Crippen LogP contribution in [0.5, 0.6) is 0 Å². The zero-order valence-corrected chi connectivity index (χ0v) is 8.77. The van der Waals surface area contributed by atoms with Crippen LogP contribution in [0, 0.1) is 0 Å². The number of hydrogen-bond donors (Lipinski definition) is 3. The van der Waals surface area contributed by atoms with Gasteiger partial charge in [-0.25, -0.2) is 5.06 Å². The van der Waals surface area contributed by atoms with E-state index in [1.54, 1.807) is 0 Å². The van der Waals surface area contributed by atoms with Crippen molar-refractivity contribution in [1.29, 1.82) is 0 Å². The van der Waals surface area contributed by atoms with Gasteiger partial charge in [0.1, 0.15) is 0 Å². The second kappa shape index (κ2) is 6.95. The molecule has 0 spiro atoms. The third kappa shape index (κ3) is 9.67. The van der Waals surface area contributed by atoms with Crippen molar-refractivity contribution >= 4 is 14.0 Å². The number of carbonyl (C=O) groups excluding carboxylic acids is 1. The number of amides is 1.